The number of fused-ring (bicyclic) bond motifs is 1. The average Bonchev–Trinajstić information content (AvgIpc) is 3.11. The van der Waals surface area contributed by atoms with Gasteiger partial charge < -0.3 is 5.32 Å². The van der Waals surface area contributed by atoms with Crippen molar-refractivity contribution >= 4 is 22.6 Å². The minimum absolute atomic E-state index is 0.0374. The molecule has 0 aliphatic heterocycles. The molecule has 3 aromatic rings. The second-order valence-electron chi connectivity index (χ2n) is 5.88. The zero-order valence-electron chi connectivity index (χ0n) is 13.7. The van der Waals surface area contributed by atoms with E-state index in [2.05, 4.69) is 21.6 Å². The Balaban J connectivity index is 1.68. The normalized spacial score (nSPS) is 11.3. The molecule has 0 aliphatic rings. The van der Waals surface area contributed by atoms with Gasteiger partial charge in [-0.1, -0.05) is 18.2 Å². The van der Waals surface area contributed by atoms with Crippen molar-refractivity contribution in [2.24, 2.45) is 0 Å². The third kappa shape index (κ3) is 3.11. The average molecular weight is 311 g/mol. The van der Waals surface area contributed by atoms with Gasteiger partial charge in [0.25, 0.3) is 0 Å². The molecule has 1 N–H and O–H groups in total. The summed E-state index contributed by atoms with van der Waals surface area (Å²) in [6, 6.07) is 10.1. The molecule has 0 atom stereocenters. The summed E-state index contributed by atoms with van der Waals surface area (Å²) in [6.07, 6.45) is 2.06. The van der Waals surface area contributed by atoms with Crippen LogP contribution in [0.25, 0.3) is 10.9 Å². The lowest BCUT2D eigenvalue weighted by Gasteiger charge is -2.11. The summed E-state index contributed by atoms with van der Waals surface area (Å²) >= 11 is 0. The third-order valence-corrected chi connectivity index (χ3v) is 3.82. The van der Waals surface area contributed by atoms with E-state index in [1.54, 1.807) is 10.9 Å². The number of carbonyl (C=O) groups is 1. The zero-order valence-corrected chi connectivity index (χ0v) is 13.7. The molecule has 0 saturated carbocycles. The lowest BCUT2D eigenvalue weighted by molar-refractivity contribution is -0.116. The lowest BCUT2D eigenvalue weighted by atomic mass is 10.2. The van der Waals surface area contributed by atoms with Crippen LogP contribution in [0.3, 0.4) is 0 Å². The predicted molar refractivity (Wildman–Crippen MR) is 90.3 cm³/mol. The smallest absolute Gasteiger partial charge is 0.227 e. The number of aryl methyl sites for hydroxylation is 2. The highest BCUT2D eigenvalue weighted by atomic mass is 16.1. The molecule has 0 spiro atoms. The molecule has 120 valence electrons. The molecule has 1 amide bonds. The number of benzene rings is 1. The Hall–Kier alpha value is -2.63. The van der Waals surface area contributed by atoms with E-state index in [0.29, 0.717) is 13.0 Å². The van der Waals surface area contributed by atoms with Gasteiger partial charge in [0.15, 0.2) is 0 Å². The van der Waals surface area contributed by atoms with Gasteiger partial charge >= 0.3 is 0 Å². The number of nitrogens with one attached hydrogen (secondary N) is 1. The first-order valence-electron chi connectivity index (χ1n) is 7.82. The number of hydrogen-bond acceptors (Lipinski definition) is 3. The summed E-state index contributed by atoms with van der Waals surface area (Å²) in [5.41, 5.74) is 2.05. The molecule has 0 bridgehead atoms. The highest BCUT2D eigenvalue weighted by Crippen LogP contribution is 2.18. The first-order chi connectivity index (χ1) is 11.1. The van der Waals surface area contributed by atoms with Crippen molar-refractivity contribution in [2.45, 2.75) is 39.8 Å². The van der Waals surface area contributed by atoms with Crippen LogP contribution < -0.4 is 5.32 Å². The van der Waals surface area contributed by atoms with Gasteiger partial charge in [-0.3, -0.25) is 9.48 Å². The van der Waals surface area contributed by atoms with Crippen LogP contribution in [0.4, 0.5) is 5.82 Å². The molecular formula is C17H21N5O. The first kappa shape index (κ1) is 15.3. The summed E-state index contributed by atoms with van der Waals surface area (Å²) < 4.78 is 3.69. The number of aromatic nitrogens is 4. The van der Waals surface area contributed by atoms with E-state index < -0.39 is 0 Å². The predicted octanol–water partition coefficient (Wildman–Crippen LogP) is 3.15. The van der Waals surface area contributed by atoms with Gasteiger partial charge in [-0.25, -0.2) is 4.68 Å². The Kier molecular flexibility index (Phi) is 4.14. The van der Waals surface area contributed by atoms with Gasteiger partial charge in [0.05, 0.1) is 24.0 Å². The molecule has 6 nitrogen and oxygen atoms in total. The molecule has 0 aliphatic carbocycles. The fourth-order valence-corrected chi connectivity index (χ4v) is 2.70. The van der Waals surface area contributed by atoms with E-state index in [1.807, 2.05) is 49.7 Å². The zero-order chi connectivity index (χ0) is 16.4. The van der Waals surface area contributed by atoms with Gasteiger partial charge in [-0.05, 0) is 26.8 Å². The summed E-state index contributed by atoms with van der Waals surface area (Å²) in [5, 5.41) is 12.8. The Labute approximate surface area is 135 Å². The van der Waals surface area contributed by atoms with Gasteiger partial charge in [-0.2, -0.15) is 10.2 Å². The summed E-state index contributed by atoms with van der Waals surface area (Å²) in [6.45, 7) is 6.60. The van der Waals surface area contributed by atoms with Crippen LogP contribution in [0.5, 0.6) is 0 Å². The summed E-state index contributed by atoms with van der Waals surface area (Å²) in [5.74, 6) is 0.691. The van der Waals surface area contributed by atoms with Crippen molar-refractivity contribution in [3.05, 3.63) is 42.2 Å². The van der Waals surface area contributed by atoms with Crippen LogP contribution in [-0.4, -0.2) is 25.5 Å². The fourth-order valence-electron chi connectivity index (χ4n) is 2.70. The maximum absolute atomic E-state index is 12.2. The molecule has 6 heteroatoms. The molecule has 23 heavy (non-hydrogen) atoms. The number of anilines is 1. The topological polar surface area (TPSA) is 64.7 Å². The van der Waals surface area contributed by atoms with Crippen molar-refractivity contribution < 1.29 is 4.79 Å². The highest BCUT2D eigenvalue weighted by molar-refractivity contribution is 5.90. The van der Waals surface area contributed by atoms with Crippen molar-refractivity contribution in [3.8, 4) is 0 Å². The van der Waals surface area contributed by atoms with E-state index in [4.69, 9.17) is 0 Å². The second kappa shape index (κ2) is 6.24. The molecule has 2 aromatic heterocycles. The van der Waals surface area contributed by atoms with E-state index in [1.165, 1.54) is 0 Å². The number of amides is 1. The maximum atomic E-state index is 12.2. The Morgan fingerprint density at radius 2 is 2.04 bits per heavy atom. The lowest BCUT2D eigenvalue weighted by Crippen LogP contribution is -2.18. The Morgan fingerprint density at radius 3 is 2.83 bits per heavy atom. The SMILES string of the molecule is Cc1nn(CCC(=O)Nc2ccnn2C(C)C)c2ccccc12. The molecular weight excluding hydrogens is 290 g/mol. The van der Waals surface area contributed by atoms with E-state index in [-0.39, 0.29) is 11.9 Å². The van der Waals surface area contributed by atoms with Crippen LogP contribution in [0.15, 0.2) is 36.5 Å². The van der Waals surface area contributed by atoms with Crippen LogP contribution in [0.2, 0.25) is 0 Å². The molecule has 0 fully saturated rings. The third-order valence-electron chi connectivity index (χ3n) is 3.82. The summed E-state index contributed by atoms with van der Waals surface area (Å²) in [4.78, 5) is 12.2. The van der Waals surface area contributed by atoms with Crippen LogP contribution in [0, 0.1) is 6.92 Å². The van der Waals surface area contributed by atoms with Crippen molar-refractivity contribution in [1.29, 1.82) is 0 Å². The Morgan fingerprint density at radius 1 is 1.26 bits per heavy atom. The first-order valence-corrected chi connectivity index (χ1v) is 7.82. The quantitative estimate of drug-likeness (QED) is 0.787. The largest absolute Gasteiger partial charge is 0.311 e. The van der Waals surface area contributed by atoms with Crippen molar-refractivity contribution in [2.75, 3.05) is 5.32 Å². The van der Waals surface area contributed by atoms with Crippen molar-refractivity contribution in [1.82, 2.24) is 19.6 Å². The monoisotopic (exact) mass is 311 g/mol. The molecule has 3 rings (SSSR count). The number of nitrogens with zero attached hydrogens (tertiary/aromatic N) is 4. The molecule has 1 aromatic carbocycles. The minimum Gasteiger partial charge on any atom is -0.311 e. The van der Waals surface area contributed by atoms with Crippen molar-refractivity contribution in [3.63, 3.8) is 0 Å². The van der Waals surface area contributed by atoms with Crippen LogP contribution >= 0.6 is 0 Å². The van der Waals surface area contributed by atoms with Gasteiger partial charge in [0.1, 0.15) is 5.82 Å². The maximum Gasteiger partial charge on any atom is 0.227 e. The standard InChI is InChI=1S/C17H21N5O/c1-12(2)22-16(8-10-18-22)19-17(23)9-11-21-15-7-5-4-6-14(15)13(3)20-21/h4-8,10,12H,9,11H2,1-3H3,(H,19,23). The molecule has 2 heterocycles. The van der Waals surface area contributed by atoms with Gasteiger partial charge in [-0.15, -0.1) is 0 Å². The van der Waals surface area contributed by atoms with Gasteiger partial charge in [0.2, 0.25) is 5.91 Å². The van der Waals surface area contributed by atoms with E-state index in [9.17, 15) is 4.79 Å². The second-order valence-corrected chi connectivity index (χ2v) is 5.88. The molecule has 0 radical (unpaired) electrons. The summed E-state index contributed by atoms with van der Waals surface area (Å²) in [7, 11) is 0. The minimum atomic E-state index is -0.0374. The van der Waals surface area contributed by atoms with E-state index >= 15 is 0 Å². The molecule has 0 saturated heterocycles. The van der Waals surface area contributed by atoms with Crippen LogP contribution in [0.1, 0.15) is 32.0 Å². The van der Waals surface area contributed by atoms with Gasteiger partial charge in [0, 0.05) is 23.9 Å². The Bertz CT molecular complexity index is 830. The van der Waals surface area contributed by atoms with E-state index in [0.717, 1.165) is 22.4 Å². The molecule has 0 unspecified atom stereocenters. The highest BCUT2D eigenvalue weighted by Gasteiger charge is 2.11. The van der Waals surface area contributed by atoms with Crippen LogP contribution in [-0.2, 0) is 11.3 Å². The number of carbonyl (C=O) groups excluding carboxylic acids is 1. The number of rotatable bonds is 5. The number of para-hydroxylation sites is 1. The number of hydrogen-bond donors (Lipinski definition) is 1. The fraction of sp³-hybridized carbons (Fsp3) is 0.353.